The maximum absolute atomic E-state index is 13.3. The van der Waals surface area contributed by atoms with Crippen LogP contribution in [0.1, 0.15) is 25.3 Å². The van der Waals surface area contributed by atoms with Crippen LogP contribution in [0.25, 0.3) is 11.3 Å². The molecule has 1 amide bonds. The number of halogens is 3. The Balaban J connectivity index is 1.78. The molecule has 1 aromatic carbocycles. The summed E-state index contributed by atoms with van der Waals surface area (Å²) in [5, 5.41) is 21.7. The van der Waals surface area contributed by atoms with E-state index in [-0.39, 0.29) is 45.2 Å². The van der Waals surface area contributed by atoms with E-state index < -0.39 is 18.4 Å². The Bertz CT molecular complexity index is 1230. The van der Waals surface area contributed by atoms with Crippen molar-refractivity contribution in [2.24, 2.45) is 10.7 Å². The molecule has 1 atom stereocenters. The number of nitrogens with one attached hydrogen (secondary N) is 4. The molecule has 1 unspecified atom stereocenters. The SMILES string of the molecule is N=C(N)/C(C(=O)Nc1cn(C2CCCNCC2)nc1-c1cc(Cl)ccc1OC(F)F)=C1\N=CC=CN1. The number of aromatic nitrogens is 2. The molecule has 1 fully saturated rings. The smallest absolute Gasteiger partial charge is 0.387 e. The maximum atomic E-state index is 13.3. The van der Waals surface area contributed by atoms with Crippen LogP contribution >= 0.6 is 11.6 Å². The van der Waals surface area contributed by atoms with Gasteiger partial charge >= 0.3 is 6.61 Å². The molecule has 0 aliphatic carbocycles. The van der Waals surface area contributed by atoms with Crippen LogP contribution in [-0.2, 0) is 4.79 Å². The molecular formula is C23H25ClF2N8O2. The quantitative estimate of drug-likeness (QED) is 0.216. The zero-order chi connectivity index (χ0) is 25.7. The van der Waals surface area contributed by atoms with E-state index in [9.17, 15) is 13.6 Å². The van der Waals surface area contributed by atoms with Crippen molar-refractivity contribution in [1.29, 1.82) is 5.41 Å². The topological polar surface area (TPSA) is 142 Å². The lowest BCUT2D eigenvalue weighted by molar-refractivity contribution is -0.112. The summed E-state index contributed by atoms with van der Waals surface area (Å²) >= 11 is 6.18. The zero-order valence-electron chi connectivity index (χ0n) is 19.1. The number of allylic oxidation sites excluding steroid dienone is 1. The number of aliphatic imine (C=N–C) groups is 1. The van der Waals surface area contributed by atoms with E-state index in [1.54, 1.807) is 23.2 Å². The van der Waals surface area contributed by atoms with Crippen LogP contribution in [0.3, 0.4) is 0 Å². The number of amides is 1. The predicted molar refractivity (Wildman–Crippen MR) is 133 cm³/mol. The first kappa shape index (κ1) is 25.3. The number of hydrogen-bond donors (Lipinski definition) is 5. The number of anilines is 1. The Labute approximate surface area is 210 Å². The lowest BCUT2D eigenvalue weighted by Gasteiger charge is -2.14. The first-order valence-electron chi connectivity index (χ1n) is 11.2. The summed E-state index contributed by atoms with van der Waals surface area (Å²) in [4.78, 5) is 17.3. The molecule has 13 heteroatoms. The number of nitrogens with two attached hydrogens (primary N) is 1. The number of ether oxygens (including phenoxy) is 1. The molecule has 1 saturated heterocycles. The van der Waals surface area contributed by atoms with Crippen molar-refractivity contribution in [3.05, 3.63) is 53.1 Å². The van der Waals surface area contributed by atoms with Crippen molar-refractivity contribution in [3.8, 4) is 17.0 Å². The summed E-state index contributed by atoms with van der Waals surface area (Å²) in [5.41, 5.74) is 6.08. The lowest BCUT2D eigenvalue weighted by atomic mass is 10.1. The second-order valence-electron chi connectivity index (χ2n) is 8.10. The molecule has 0 spiro atoms. The van der Waals surface area contributed by atoms with Gasteiger partial charge in [-0.2, -0.15) is 13.9 Å². The molecule has 2 aliphatic heterocycles. The first-order valence-corrected chi connectivity index (χ1v) is 11.6. The monoisotopic (exact) mass is 518 g/mol. The van der Waals surface area contributed by atoms with Crippen LogP contribution in [0.2, 0.25) is 5.02 Å². The van der Waals surface area contributed by atoms with Gasteiger partial charge in [-0.05, 0) is 56.6 Å². The molecule has 2 aromatic rings. The fourth-order valence-corrected chi connectivity index (χ4v) is 4.20. The van der Waals surface area contributed by atoms with Gasteiger partial charge in [-0.15, -0.1) is 0 Å². The van der Waals surface area contributed by atoms with Crippen molar-refractivity contribution in [1.82, 2.24) is 20.4 Å². The third-order valence-electron chi connectivity index (χ3n) is 5.65. The second-order valence-corrected chi connectivity index (χ2v) is 8.53. The molecular weight excluding hydrogens is 494 g/mol. The van der Waals surface area contributed by atoms with Crippen LogP contribution < -0.4 is 26.4 Å². The zero-order valence-corrected chi connectivity index (χ0v) is 19.9. The minimum atomic E-state index is -3.07. The van der Waals surface area contributed by atoms with Gasteiger partial charge in [0, 0.05) is 29.2 Å². The van der Waals surface area contributed by atoms with Crippen molar-refractivity contribution in [3.63, 3.8) is 0 Å². The molecule has 10 nitrogen and oxygen atoms in total. The lowest BCUT2D eigenvalue weighted by Crippen LogP contribution is -2.29. The van der Waals surface area contributed by atoms with Crippen LogP contribution in [-0.4, -0.2) is 47.4 Å². The molecule has 0 bridgehead atoms. The van der Waals surface area contributed by atoms with Crippen molar-refractivity contribution < 1.29 is 18.3 Å². The van der Waals surface area contributed by atoms with Gasteiger partial charge < -0.3 is 26.4 Å². The number of rotatable bonds is 7. The molecule has 1 aromatic heterocycles. The van der Waals surface area contributed by atoms with E-state index >= 15 is 0 Å². The molecule has 2 aliphatic rings. The van der Waals surface area contributed by atoms with Gasteiger partial charge in [0.2, 0.25) is 0 Å². The Morgan fingerprint density at radius 3 is 2.89 bits per heavy atom. The summed E-state index contributed by atoms with van der Waals surface area (Å²) in [6, 6.07) is 4.20. The van der Waals surface area contributed by atoms with E-state index in [0.29, 0.717) is 0 Å². The predicted octanol–water partition coefficient (Wildman–Crippen LogP) is 3.39. The highest BCUT2D eigenvalue weighted by Crippen LogP contribution is 2.38. The van der Waals surface area contributed by atoms with Crippen LogP contribution in [0.5, 0.6) is 5.75 Å². The molecule has 6 N–H and O–H groups in total. The van der Waals surface area contributed by atoms with E-state index in [2.05, 4.69) is 26.0 Å². The highest BCUT2D eigenvalue weighted by atomic mass is 35.5. The van der Waals surface area contributed by atoms with Gasteiger partial charge in [-0.3, -0.25) is 14.9 Å². The van der Waals surface area contributed by atoms with Crippen LogP contribution in [0.4, 0.5) is 14.5 Å². The standard InChI is InChI=1S/C23H25ClF2N8O2/c24-13-4-5-17(36-23(25)26)15(11-13)19-16(12-34(33-19)14-3-1-7-29-10-6-14)32-22(35)18(20(27)28)21-30-8-2-9-31-21/h2,4-5,8-9,11-12,14,23,29-30H,1,3,6-7,10H2,(H3,27,28)(H,32,35)/b21-18+. The van der Waals surface area contributed by atoms with Gasteiger partial charge in [0.05, 0.1) is 11.7 Å². The van der Waals surface area contributed by atoms with Gasteiger partial charge in [-0.25, -0.2) is 4.99 Å². The van der Waals surface area contributed by atoms with Crippen LogP contribution in [0.15, 0.2) is 53.1 Å². The molecule has 0 saturated carbocycles. The average molecular weight is 519 g/mol. The maximum Gasteiger partial charge on any atom is 0.387 e. The number of hydrogen-bond acceptors (Lipinski definition) is 7. The van der Waals surface area contributed by atoms with Gasteiger partial charge in [0.25, 0.3) is 5.91 Å². The minimum Gasteiger partial charge on any atom is -0.434 e. The van der Waals surface area contributed by atoms with Crippen molar-refractivity contribution in [2.45, 2.75) is 31.9 Å². The molecule has 3 heterocycles. The number of carbonyl (C=O) groups excluding carboxylic acids is 1. The average Bonchev–Trinajstić information content (AvgIpc) is 3.05. The van der Waals surface area contributed by atoms with E-state index in [1.165, 1.54) is 24.4 Å². The number of benzene rings is 1. The normalized spacial score (nSPS) is 18.9. The number of nitrogens with zero attached hydrogens (tertiary/aromatic N) is 3. The Morgan fingerprint density at radius 2 is 2.17 bits per heavy atom. The van der Waals surface area contributed by atoms with E-state index in [0.717, 1.165) is 32.4 Å². The summed E-state index contributed by atoms with van der Waals surface area (Å²) in [6.45, 7) is -1.40. The Hall–Kier alpha value is -3.77. The third-order valence-corrected chi connectivity index (χ3v) is 5.89. The number of amidine groups is 1. The van der Waals surface area contributed by atoms with Gasteiger partial charge in [0.1, 0.15) is 28.7 Å². The van der Waals surface area contributed by atoms with E-state index in [1.807, 2.05) is 0 Å². The number of carbonyl (C=O) groups is 1. The summed E-state index contributed by atoms with van der Waals surface area (Å²) in [7, 11) is 0. The second kappa shape index (κ2) is 11.3. The third kappa shape index (κ3) is 5.89. The molecule has 190 valence electrons. The van der Waals surface area contributed by atoms with Crippen molar-refractivity contribution in [2.75, 3.05) is 18.4 Å². The van der Waals surface area contributed by atoms with E-state index in [4.69, 9.17) is 27.5 Å². The Morgan fingerprint density at radius 1 is 1.33 bits per heavy atom. The largest absolute Gasteiger partial charge is 0.434 e. The Kier molecular flexibility index (Phi) is 7.96. The number of alkyl halides is 2. The first-order chi connectivity index (χ1) is 17.3. The fourth-order valence-electron chi connectivity index (χ4n) is 4.02. The van der Waals surface area contributed by atoms with Crippen molar-refractivity contribution >= 4 is 35.2 Å². The minimum absolute atomic E-state index is 0.0171. The summed E-state index contributed by atoms with van der Waals surface area (Å²) < 4.78 is 32.7. The summed E-state index contributed by atoms with van der Waals surface area (Å²) in [6.07, 6.45) is 8.80. The molecule has 0 radical (unpaired) electrons. The van der Waals surface area contributed by atoms with Gasteiger partial charge in [-0.1, -0.05) is 11.6 Å². The van der Waals surface area contributed by atoms with Crippen LogP contribution in [0, 0.1) is 5.41 Å². The summed E-state index contributed by atoms with van der Waals surface area (Å²) in [5.74, 6) is -1.28. The van der Waals surface area contributed by atoms with Gasteiger partial charge in [0.15, 0.2) is 0 Å². The highest BCUT2D eigenvalue weighted by Gasteiger charge is 2.26. The highest BCUT2D eigenvalue weighted by molar-refractivity contribution is 6.31. The molecule has 36 heavy (non-hydrogen) atoms. The fraction of sp³-hybridized carbons (Fsp3) is 0.304. The molecule has 4 rings (SSSR count).